The summed E-state index contributed by atoms with van der Waals surface area (Å²) in [6.45, 7) is 3.53. The monoisotopic (exact) mass is 305 g/mol. The first-order chi connectivity index (χ1) is 10.5. The van der Waals surface area contributed by atoms with Gasteiger partial charge in [0.05, 0.1) is 11.9 Å². The van der Waals surface area contributed by atoms with Crippen molar-refractivity contribution < 1.29 is 19.8 Å². The Morgan fingerprint density at radius 1 is 1.27 bits per heavy atom. The van der Waals surface area contributed by atoms with Crippen molar-refractivity contribution in [3.63, 3.8) is 0 Å². The fraction of sp³-hybridized carbons (Fsp3) is 0.400. The van der Waals surface area contributed by atoms with E-state index in [1.165, 1.54) is 25.2 Å². The van der Waals surface area contributed by atoms with Crippen molar-refractivity contribution in [1.29, 1.82) is 0 Å². The van der Waals surface area contributed by atoms with E-state index in [0.29, 0.717) is 18.2 Å². The van der Waals surface area contributed by atoms with Crippen LogP contribution in [0.2, 0.25) is 0 Å². The van der Waals surface area contributed by atoms with E-state index in [4.69, 9.17) is 10.2 Å². The molecule has 0 aliphatic carbocycles. The minimum Gasteiger partial charge on any atom is -0.478 e. The lowest BCUT2D eigenvalue weighted by atomic mass is 10.00. The van der Waals surface area contributed by atoms with Gasteiger partial charge in [0, 0.05) is 44.0 Å². The van der Waals surface area contributed by atoms with Gasteiger partial charge in [0.15, 0.2) is 0 Å². The zero-order valence-electron chi connectivity index (χ0n) is 12.1. The number of anilines is 1. The molecule has 1 aromatic heterocycles. The number of carboxylic acid groups (broad SMARTS) is 2. The molecule has 0 aromatic carbocycles. The number of pyridine rings is 1. The maximum atomic E-state index is 9.55. The summed E-state index contributed by atoms with van der Waals surface area (Å²) >= 11 is 0. The number of nitrogens with one attached hydrogen (secondary N) is 1. The number of carbonyl (C=O) groups is 2. The molecule has 2 fully saturated rings. The maximum absolute atomic E-state index is 9.55. The fourth-order valence-electron chi connectivity index (χ4n) is 2.73. The number of piperidine rings is 1. The van der Waals surface area contributed by atoms with Crippen LogP contribution in [0.15, 0.2) is 36.7 Å². The van der Waals surface area contributed by atoms with Gasteiger partial charge in [-0.15, -0.1) is 0 Å². The second-order valence-corrected chi connectivity index (χ2v) is 5.33. The number of hydrogen-bond donors (Lipinski definition) is 3. The highest BCUT2D eigenvalue weighted by molar-refractivity contribution is 5.89. The average molecular weight is 305 g/mol. The van der Waals surface area contributed by atoms with Gasteiger partial charge >= 0.3 is 11.9 Å². The molecule has 7 nitrogen and oxygen atoms in total. The lowest BCUT2D eigenvalue weighted by molar-refractivity contribution is -0.134. The maximum Gasteiger partial charge on any atom is 0.328 e. The van der Waals surface area contributed by atoms with E-state index in [0.717, 1.165) is 12.5 Å². The molecular weight excluding hydrogens is 286 g/mol. The molecular formula is C15H19N3O4. The van der Waals surface area contributed by atoms with Crippen LogP contribution in [0.5, 0.6) is 0 Å². The van der Waals surface area contributed by atoms with Crippen LogP contribution in [0.1, 0.15) is 6.42 Å². The van der Waals surface area contributed by atoms with Crippen LogP contribution < -0.4 is 10.2 Å². The summed E-state index contributed by atoms with van der Waals surface area (Å²) in [5, 5.41) is 19.2. The summed E-state index contributed by atoms with van der Waals surface area (Å²) in [6.07, 6.45) is 6.27. The molecule has 0 unspecified atom stereocenters. The molecule has 0 saturated carbocycles. The normalized spacial score (nSPS) is 23.0. The third-order valence-corrected chi connectivity index (χ3v) is 3.61. The molecule has 3 N–H and O–H groups in total. The second kappa shape index (κ2) is 7.56. The first-order valence-electron chi connectivity index (χ1n) is 7.07. The van der Waals surface area contributed by atoms with Gasteiger partial charge in [-0.25, -0.2) is 9.59 Å². The van der Waals surface area contributed by atoms with E-state index in [1.807, 2.05) is 18.5 Å². The van der Waals surface area contributed by atoms with Gasteiger partial charge in [0.2, 0.25) is 0 Å². The molecule has 7 heteroatoms. The van der Waals surface area contributed by atoms with Crippen LogP contribution in [-0.2, 0) is 9.59 Å². The third kappa shape index (κ3) is 4.85. The molecule has 2 saturated heterocycles. The van der Waals surface area contributed by atoms with Gasteiger partial charge < -0.3 is 20.4 Å². The number of nitrogens with zero attached hydrogens (tertiary/aromatic N) is 2. The van der Waals surface area contributed by atoms with Crippen LogP contribution >= 0.6 is 0 Å². The quantitative estimate of drug-likeness (QED) is 0.702. The lowest BCUT2D eigenvalue weighted by Crippen LogP contribution is -2.41. The van der Waals surface area contributed by atoms with Crippen LogP contribution in [0.3, 0.4) is 0 Å². The van der Waals surface area contributed by atoms with Crippen molar-refractivity contribution in [3.8, 4) is 0 Å². The second-order valence-electron chi connectivity index (χ2n) is 5.33. The molecule has 3 rings (SSSR count). The van der Waals surface area contributed by atoms with Gasteiger partial charge in [-0.05, 0) is 24.5 Å². The summed E-state index contributed by atoms with van der Waals surface area (Å²) in [5.41, 5.74) is 1.27. The van der Waals surface area contributed by atoms with Crippen molar-refractivity contribution in [2.24, 2.45) is 5.92 Å². The Morgan fingerprint density at radius 2 is 2.00 bits per heavy atom. The number of hydrogen-bond acceptors (Lipinski definition) is 5. The highest BCUT2D eigenvalue weighted by Crippen LogP contribution is 2.25. The van der Waals surface area contributed by atoms with E-state index >= 15 is 0 Å². The molecule has 118 valence electrons. The third-order valence-electron chi connectivity index (χ3n) is 3.61. The van der Waals surface area contributed by atoms with E-state index in [9.17, 15) is 9.59 Å². The highest BCUT2D eigenvalue weighted by Gasteiger charge is 2.32. The Balaban J connectivity index is 0.000000192. The summed E-state index contributed by atoms with van der Waals surface area (Å²) in [4.78, 5) is 25.7. The summed E-state index contributed by atoms with van der Waals surface area (Å²) in [7, 11) is 0. The molecule has 2 aliphatic rings. The largest absolute Gasteiger partial charge is 0.478 e. The SMILES string of the molecule is O=C(O)/C=C/C(=O)O.c1cncc(N2C[C@H]3CN[C@H](C3)C2)c1. The molecule has 2 aliphatic heterocycles. The Kier molecular flexibility index (Phi) is 5.48. The zero-order valence-corrected chi connectivity index (χ0v) is 12.1. The number of rotatable bonds is 3. The molecule has 2 atom stereocenters. The van der Waals surface area contributed by atoms with E-state index in [-0.39, 0.29) is 0 Å². The van der Waals surface area contributed by atoms with E-state index in [2.05, 4.69) is 21.3 Å². The Bertz CT molecular complexity index is 519. The summed E-state index contributed by atoms with van der Waals surface area (Å²) in [6, 6.07) is 4.87. The average Bonchev–Trinajstić information content (AvgIpc) is 2.85. The fourth-order valence-corrected chi connectivity index (χ4v) is 2.73. The van der Waals surface area contributed by atoms with Crippen LogP contribution in [-0.4, -0.2) is 52.8 Å². The number of fused-ring (bicyclic) bond motifs is 2. The first kappa shape index (κ1) is 16.0. The van der Waals surface area contributed by atoms with Crippen molar-refractivity contribution >= 4 is 17.6 Å². The molecule has 22 heavy (non-hydrogen) atoms. The minimum atomic E-state index is -1.26. The van der Waals surface area contributed by atoms with Crippen molar-refractivity contribution in [2.75, 3.05) is 24.5 Å². The Hall–Kier alpha value is -2.41. The van der Waals surface area contributed by atoms with E-state index in [1.54, 1.807) is 0 Å². The van der Waals surface area contributed by atoms with E-state index < -0.39 is 11.9 Å². The van der Waals surface area contributed by atoms with Crippen LogP contribution in [0.4, 0.5) is 5.69 Å². The van der Waals surface area contributed by atoms with Crippen molar-refractivity contribution in [1.82, 2.24) is 10.3 Å². The standard InChI is InChI=1S/C11H15N3.C4H4O4/c1-2-11(6-12-3-1)14-7-9-4-10(8-14)13-5-9;5-3(6)1-2-4(7)8/h1-3,6,9-10,13H,4-5,7-8H2;1-2H,(H,5,6)(H,7,8)/b;2-1+/t9-,10-;/m1./s1. The molecule has 3 heterocycles. The molecule has 0 spiro atoms. The summed E-state index contributed by atoms with van der Waals surface area (Å²) in [5.74, 6) is -1.67. The van der Waals surface area contributed by atoms with Crippen LogP contribution in [0.25, 0.3) is 0 Å². The smallest absolute Gasteiger partial charge is 0.328 e. The predicted octanol–water partition coefficient (Wildman–Crippen LogP) is 0.592. The van der Waals surface area contributed by atoms with Crippen molar-refractivity contribution in [2.45, 2.75) is 12.5 Å². The predicted molar refractivity (Wildman–Crippen MR) is 80.8 cm³/mol. The highest BCUT2D eigenvalue weighted by atomic mass is 16.4. The topological polar surface area (TPSA) is 103 Å². The lowest BCUT2D eigenvalue weighted by Gasteiger charge is -2.32. The van der Waals surface area contributed by atoms with Gasteiger partial charge in [-0.1, -0.05) is 0 Å². The summed E-state index contributed by atoms with van der Waals surface area (Å²) < 4.78 is 0. The Morgan fingerprint density at radius 3 is 2.55 bits per heavy atom. The minimum absolute atomic E-state index is 0.558. The van der Waals surface area contributed by atoms with Gasteiger partial charge in [-0.3, -0.25) is 4.98 Å². The van der Waals surface area contributed by atoms with Gasteiger partial charge in [-0.2, -0.15) is 0 Å². The molecule has 0 amide bonds. The number of aliphatic carboxylic acids is 2. The number of aromatic nitrogens is 1. The van der Waals surface area contributed by atoms with Crippen molar-refractivity contribution in [3.05, 3.63) is 36.7 Å². The molecule has 2 bridgehead atoms. The van der Waals surface area contributed by atoms with Crippen LogP contribution in [0, 0.1) is 5.92 Å². The van der Waals surface area contributed by atoms with Gasteiger partial charge in [0.1, 0.15) is 0 Å². The van der Waals surface area contributed by atoms with Gasteiger partial charge in [0.25, 0.3) is 0 Å². The molecule has 0 radical (unpaired) electrons. The molecule has 1 aromatic rings. The first-order valence-corrected chi connectivity index (χ1v) is 7.07. The Labute approximate surface area is 128 Å². The number of carboxylic acids is 2. The zero-order chi connectivity index (χ0) is 15.9.